The quantitative estimate of drug-likeness (QED) is 0.564. The van der Waals surface area contributed by atoms with Crippen LogP contribution in [0.3, 0.4) is 0 Å². The van der Waals surface area contributed by atoms with Crippen molar-refractivity contribution in [3.63, 3.8) is 0 Å². The smallest absolute Gasteiger partial charge is 0.292 e. The Morgan fingerprint density at radius 2 is 2.29 bits per heavy atom. The largest absolute Gasteiger partial charge is 0.373 e. The Kier molecular flexibility index (Phi) is 4.42. The molecule has 1 amide bonds. The molecule has 7 nitrogen and oxygen atoms in total. The van der Waals surface area contributed by atoms with E-state index in [0.29, 0.717) is 17.8 Å². The molecule has 1 heterocycles. The lowest BCUT2D eigenvalue weighted by Gasteiger charge is -2.25. The van der Waals surface area contributed by atoms with E-state index in [4.69, 9.17) is 0 Å². The summed E-state index contributed by atoms with van der Waals surface area (Å²) >= 11 is 0. The Morgan fingerprint density at radius 3 is 2.86 bits per heavy atom. The topological polar surface area (TPSA) is 96.3 Å². The molecule has 0 saturated carbocycles. The Bertz CT molecular complexity index is 553. The van der Waals surface area contributed by atoms with E-state index < -0.39 is 4.92 Å². The zero-order valence-electron chi connectivity index (χ0n) is 12.2. The first-order valence-corrected chi connectivity index (χ1v) is 7.01. The summed E-state index contributed by atoms with van der Waals surface area (Å²) in [6.45, 7) is 5.95. The molecule has 1 saturated heterocycles. The zero-order chi connectivity index (χ0) is 15.5. The van der Waals surface area contributed by atoms with Crippen molar-refractivity contribution in [3.05, 3.63) is 33.9 Å². The monoisotopic (exact) mass is 292 g/mol. The lowest BCUT2D eigenvalue weighted by atomic mass is 10.0. The Morgan fingerprint density at radius 1 is 1.52 bits per heavy atom. The summed E-state index contributed by atoms with van der Waals surface area (Å²) in [6.07, 6.45) is 0.871. The number of nitro groups is 1. The van der Waals surface area contributed by atoms with Gasteiger partial charge in [0.2, 0.25) is 0 Å². The molecule has 1 unspecified atom stereocenters. The number of nitrogens with one attached hydrogen (secondary N) is 3. The molecule has 0 aliphatic carbocycles. The van der Waals surface area contributed by atoms with Crippen molar-refractivity contribution in [2.45, 2.75) is 25.8 Å². The van der Waals surface area contributed by atoms with Gasteiger partial charge in [-0.2, -0.15) is 0 Å². The van der Waals surface area contributed by atoms with Crippen LogP contribution in [0.15, 0.2) is 18.2 Å². The molecular formula is C14H20N4O3. The van der Waals surface area contributed by atoms with Crippen molar-refractivity contribution in [1.82, 2.24) is 10.6 Å². The molecule has 0 spiro atoms. The Balaban J connectivity index is 2.32. The Hall–Kier alpha value is -2.15. The van der Waals surface area contributed by atoms with Gasteiger partial charge in [-0.25, -0.2) is 0 Å². The van der Waals surface area contributed by atoms with E-state index >= 15 is 0 Å². The molecule has 1 aromatic carbocycles. The van der Waals surface area contributed by atoms with Crippen molar-refractivity contribution in [1.29, 1.82) is 0 Å². The fourth-order valence-electron chi connectivity index (χ4n) is 2.45. The van der Waals surface area contributed by atoms with Crippen molar-refractivity contribution in [2.24, 2.45) is 0 Å². The average Bonchev–Trinajstić information content (AvgIpc) is 2.85. The molecule has 2 rings (SSSR count). The maximum atomic E-state index is 11.9. The van der Waals surface area contributed by atoms with E-state index in [1.54, 1.807) is 6.07 Å². The molecule has 0 bridgehead atoms. The third kappa shape index (κ3) is 3.49. The molecule has 1 aliphatic heterocycles. The highest BCUT2D eigenvalue weighted by molar-refractivity contribution is 5.95. The van der Waals surface area contributed by atoms with Crippen LogP contribution in [0.25, 0.3) is 0 Å². The second-order valence-corrected chi connectivity index (χ2v) is 5.46. The second kappa shape index (κ2) is 6.09. The molecule has 0 radical (unpaired) electrons. The van der Waals surface area contributed by atoms with Gasteiger partial charge in [-0.3, -0.25) is 14.9 Å². The van der Waals surface area contributed by atoms with Crippen molar-refractivity contribution < 1.29 is 9.72 Å². The lowest BCUT2D eigenvalue weighted by molar-refractivity contribution is -0.384. The van der Waals surface area contributed by atoms with Crippen molar-refractivity contribution in [3.8, 4) is 0 Å². The number of carbonyl (C=O) groups excluding carboxylic acids is 1. The van der Waals surface area contributed by atoms with Crippen LogP contribution in [-0.4, -0.2) is 36.0 Å². The summed E-state index contributed by atoms with van der Waals surface area (Å²) in [4.78, 5) is 22.6. The van der Waals surface area contributed by atoms with Gasteiger partial charge in [-0.1, -0.05) is 0 Å². The maximum absolute atomic E-state index is 11.9. The molecule has 114 valence electrons. The zero-order valence-corrected chi connectivity index (χ0v) is 12.2. The van der Waals surface area contributed by atoms with Gasteiger partial charge in [-0.15, -0.1) is 0 Å². The van der Waals surface area contributed by atoms with E-state index in [9.17, 15) is 14.9 Å². The van der Waals surface area contributed by atoms with Gasteiger partial charge in [0.15, 0.2) is 0 Å². The minimum absolute atomic E-state index is 0.0174. The molecule has 1 aromatic rings. The van der Waals surface area contributed by atoms with E-state index in [2.05, 4.69) is 16.0 Å². The van der Waals surface area contributed by atoms with Gasteiger partial charge < -0.3 is 16.0 Å². The number of anilines is 1. The average molecular weight is 292 g/mol. The van der Waals surface area contributed by atoms with Crippen LogP contribution in [-0.2, 0) is 0 Å². The molecule has 1 atom stereocenters. The number of nitro benzene ring substituents is 1. The van der Waals surface area contributed by atoms with Gasteiger partial charge in [0.1, 0.15) is 5.69 Å². The van der Waals surface area contributed by atoms with E-state index in [1.807, 2.05) is 13.8 Å². The first kappa shape index (κ1) is 15.2. The van der Waals surface area contributed by atoms with E-state index in [1.165, 1.54) is 12.1 Å². The highest BCUT2D eigenvalue weighted by atomic mass is 16.6. The third-order valence-corrected chi connectivity index (χ3v) is 3.60. The molecule has 3 N–H and O–H groups in total. The molecule has 7 heteroatoms. The maximum Gasteiger partial charge on any atom is 0.292 e. The summed E-state index contributed by atoms with van der Waals surface area (Å²) in [6, 6.07) is 4.40. The minimum atomic E-state index is -0.435. The summed E-state index contributed by atoms with van der Waals surface area (Å²) in [5, 5.41) is 20.3. The fraction of sp³-hybridized carbons (Fsp3) is 0.500. The van der Waals surface area contributed by atoms with Crippen LogP contribution in [0.5, 0.6) is 0 Å². The lowest BCUT2D eigenvalue weighted by Crippen LogP contribution is -2.37. The number of benzene rings is 1. The van der Waals surface area contributed by atoms with Crippen LogP contribution in [0.4, 0.5) is 11.4 Å². The van der Waals surface area contributed by atoms with E-state index in [0.717, 1.165) is 19.5 Å². The predicted octanol–water partition coefficient (Wildman–Crippen LogP) is 1.51. The number of carbonyl (C=O) groups is 1. The summed E-state index contributed by atoms with van der Waals surface area (Å²) < 4.78 is 0. The van der Waals surface area contributed by atoms with E-state index in [-0.39, 0.29) is 17.1 Å². The van der Waals surface area contributed by atoms with Crippen LogP contribution >= 0.6 is 0 Å². The number of rotatable bonds is 5. The molecule has 1 fully saturated rings. The van der Waals surface area contributed by atoms with Crippen LogP contribution in [0.1, 0.15) is 30.6 Å². The second-order valence-electron chi connectivity index (χ2n) is 5.46. The van der Waals surface area contributed by atoms with Crippen molar-refractivity contribution in [2.75, 3.05) is 25.0 Å². The summed E-state index contributed by atoms with van der Waals surface area (Å²) in [7, 11) is 0. The van der Waals surface area contributed by atoms with Gasteiger partial charge in [-0.05, 0) is 38.9 Å². The SMILES string of the molecule is CCNC(=O)c1ccc([N+](=O)[O-])c(NC2(C)CCNC2)c1. The number of amides is 1. The van der Waals surface area contributed by atoms with Crippen LogP contribution in [0.2, 0.25) is 0 Å². The molecule has 0 aromatic heterocycles. The normalized spacial score (nSPS) is 21.0. The van der Waals surface area contributed by atoms with Crippen LogP contribution < -0.4 is 16.0 Å². The van der Waals surface area contributed by atoms with Gasteiger partial charge in [0.25, 0.3) is 11.6 Å². The Labute approximate surface area is 123 Å². The number of hydrogen-bond acceptors (Lipinski definition) is 5. The first-order valence-electron chi connectivity index (χ1n) is 7.01. The highest BCUT2D eigenvalue weighted by Gasteiger charge is 2.30. The molecular weight excluding hydrogens is 272 g/mol. The van der Waals surface area contributed by atoms with Crippen LogP contribution in [0, 0.1) is 10.1 Å². The summed E-state index contributed by atoms with van der Waals surface area (Å²) in [5.41, 5.74) is 0.538. The number of nitrogens with zero attached hydrogens (tertiary/aromatic N) is 1. The fourth-order valence-corrected chi connectivity index (χ4v) is 2.45. The molecule has 1 aliphatic rings. The number of hydrogen-bond donors (Lipinski definition) is 3. The molecule has 21 heavy (non-hydrogen) atoms. The van der Waals surface area contributed by atoms with Gasteiger partial charge >= 0.3 is 0 Å². The van der Waals surface area contributed by atoms with Gasteiger partial charge in [0.05, 0.1) is 4.92 Å². The standard InChI is InChI=1S/C14H20N4O3/c1-3-16-13(19)10-4-5-12(18(20)21)11(8-10)17-14(2)6-7-15-9-14/h4-5,8,15,17H,3,6-7,9H2,1-2H3,(H,16,19). The van der Waals surface area contributed by atoms with Crippen molar-refractivity contribution >= 4 is 17.3 Å². The first-order chi connectivity index (χ1) is 9.95. The van der Waals surface area contributed by atoms with Gasteiger partial charge in [0, 0.05) is 30.3 Å². The summed E-state index contributed by atoms with van der Waals surface area (Å²) in [5.74, 6) is -0.231. The third-order valence-electron chi connectivity index (χ3n) is 3.60. The predicted molar refractivity (Wildman–Crippen MR) is 80.6 cm³/mol. The minimum Gasteiger partial charge on any atom is -0.373 e. The highest BCUT2D eigenvalue weighted by Crippen LogP contribution is 2.30.